The van der Waals surface area contributed by atoms with Crippen molar-refractivity contribution in [1.82, 2.24) is 15.0 Å². The molecule has 0 aliphatic carbocycles. The molecular weight excluding hydrogens is 252 g/mol. The fourth-order valence-electron chi connectivity index (χ4n) is 1.85. The van der Waals surface area contributed by atoms with Crippen molar-refractivity contribution in [3.8, 4) is 11.1 Å². The largest absolute Gasteiger partial charge is 0.355 e. The van der Waals surface area contributed by atoms with Crippen LogP contribution in [0.1, 0.15) is 0 Å². The second-order valence-electron chi connectivity index (χ2n) is 4.25. The fourth-order valence-corrected chi connectivity index (χ4v) is 1.85. The monoisotopic (exact) mass is 264 g/mol. The first-order valence-electron chi connectivity index (χ1n) is 6.13. The van der Waals surface area contributed by atoms with Gasteiger partial charge in [-0.25, -0.2) is 9.78 Å². The summed E-state index contributed by atoms with van der Waals surface area (Å²) in [7, 11) is 0. The lowest BCUT2D eigenvalue weighted by molar-refractivity contribution is 1.08. The Morgan fingerprint density at radius 3 is 2.25 bits per heavy atom. The third kappa shape index (κ3) is 2.72. The fraction of sp³-hybridized carbons (Fsp3) is 0. The summed E-state index contributed by atoms with van der Waals surface area (Å²) >= 11 is 0. The number of rotatable bonds is 3. The third-order valence-corrected chi connectivity index (χ3v) is 2.86. The Kier molecular flexibility index (Phi) is 3.24. The lowest BCUT2D eigenvalue weighted by Gasteiger charge is -2.07. The molecule has 0 aliphatic heterocycles. The van der Waals surface area contributed by atoms with Gasteiger partial charge < -0.3 is 10.3 Å². The van der Waals surface area contributed by atoms with Crippen LogP contribution in [0.15, 0.2) is 66.0 Å². The molecule has 0 unspecified atom stereocenters. The van der Waals surface area contributed by atoms with Crippen LogP contribution in [0.25, 0.3) is 11.1 Å². The summed E-state index contributed by atoms with van der Waals surface area (Å²) in [5, 5.41) is 3.28. The molecule has 0 fully saturated rings. The predicted octanol–water partition coefficient (Wildman–Crippen LogP) is 2.58. The minimum absolute atomic E-state index is 0.343. The molecule has 3 aromatic rings. The first kappa shape index (κ1) is 12.1. The van der Waals surface area contributed by atoms with Crippen LogP contribution in [-0.4, -0.2) is 15.0 Å². The van der Waals surface area contributed by atoms with E-state index in [0.29, 0.717) is 0 Å². The molecular formula is C15H12N4O. The number of anilines is 2. The number of hydrogen-bond donors (Lipinski definition) is 2. The van der Waals surface area contributed by atoms with E-state index in [1.165, 1.54) is 0 Å². The van der Waals surface area contributed by atoms with E-state index in [1.807, 2.05) is 36.4 Å². The molecule has 0 aliphatic rings. The van der Waals surface area contributed by atoms with Crippen LogP contribution >= 0.6 is 0 Å². The Labute approximate surface area is 115 Å². The van der Waals surface area contributed by atoms with E-state index >= 15 is 0 Å². The maximum Gasteiger partial charge on any atom is 0.344 e. The van der Waals surface area contributed by atoms with Gasteiger partial charge in [-0.2, -0.15) is 0 Å². The van der Waals surface area contributed by atoms with Crippen LogP contribution in [0.2, 0.25) is 0 Å². The molecule has 0 saturated carbocycles. The zero-order chi connectivity index (χ0) is 13.8. The Balaban J connectivity index is 1.81. The molecule has 0 spiro atoms. The number of nitrogens with one attached hydrogen (secondary N) is 2. The maximum atomic E-state index is 10.9. The summed E-state index contributed by atoms with van der Waals surface area (Å²) in [6, 6.07) is 11.7. The van der Waals surface area contributed by atoms with Crippen LogP contribution < -0.4 is 11.0 Å². The highest BCUT2D eigenvalue weighted by Gasteiger charge is 1.99. The number of aromatic nitrogens is 3. The Morgan fingerprint density at radius 2 is 1.60 bits per heavy atom. The standard InChI is InChI=1S/C15H12N4O/c20-15-17-9-12(10-18-15)11-1-3-13(4-2-11)19-14-5-7-16-8-6-14/h1-10H,(H,16,19)(H,17,18,20). The molecule has 2 N–H and O–H groups in total. The highest BCUT2D eigenvalue weighted by Crippen LogP contribution is 2.21. The lowest BCUT2D eigenvalue weighted by Crippen LogP contribution is -2.07. The number of nitrogens with zero attached hydrogens (tertiary/aromatic N) is 2. The van der Waals surface area contributed by atoms with Crippen molar-refractivity contribution in [3.05, 3.63) is 71.7 Å². The van der Waals surface area contributed by atoms with E-state index in [1.54, 1.807) is 24.8 Å². The van der Waals surface area contributed by atoms with E-state index in [-0.39, 0.29) is 5.69 Å². The summed E-state index contributed by atoms with van der Waals surface area (Å²) in [5.41, 5.74) is 3.50. The van der Waals surface area contributed by atoms with Crippen molar-refractivity contribution in [1.29, 1.82) is 0 Å². The van der Waals surface area contributed by atoms with Gasteiger partial charge in [0.15, 0.2) is 0 Å². The zero-order valence-corrected chi connectivity index (χ0v) is 10.6. The number of pyridine rings is 1. The van der Waals surface area contributed by atoms with E-state index in [2.05, 4.69) is 20.3 Å². The second kappa shape index (κ2) is 5.36. The molecule has 2 heterocycles. The van der Waals surface area contributed by atoms with Crippen LogP contribution in [0.3, 0.4) is 0 Å². The van der Waals surface area contributed by atoms with Gasteiger partial charge in [-0.05, 0) is 29.8 Å². The van der Waals surface area contributed by atoms with Crippen LogP contribution in [0, 0.1) is 0 Å². The van der Waals surface area contributed by atoms with Gasteiger partial charge in [-0.15, -0.1) is 0 Å². The molecule has 0 saturated heterocycles. The highest BCUT2D eigenvalue weighted by atomic mass is 16.1. The molecule has 20 heavy (non-hydrogen) atoms. The average molecular weight is 264 g/mol. The van der Waals surface area contributed by atoms with E-state index in [0.717, 1.165) is 22.5 Å². The van der Waals surface area contributed by atoms with Crippen molar-refractivity contribution >= 4 is 11.4 Å². The topological polar surface area (TPSA) is 70.7 Å². The van der Waals surface area contributed by atoms with Gasteiger partial charge in [0, 0.05) is 41.7 Å². The molecule has 2 aromatic heterocycles. The van der Waals surface area contributed by atoms with Gasteiger partial charge in [-0.3, -0.25) is 4.98 Å². The van der Waals surface area contributed by atoms with Gasteiger partial charge in [0.1, 0.15) is 0 Å². The molecule has 1 aromatic carbocycles. The predicted molar refractivity (Wildman–Crippen MR) is 77.8 cm³/mol. The molecule has 0 atom stereocenters. The summed E-state index contributed by atoms with van der Waals surface area (Å²) < 4.78 is 0. The minimum atomic E-state index is -0.343. The average Bonchev–Trinajstić information content (AvgIpc) is 2.50. The first-order valence-corrected chi connectivity index (χ1v) is 6.13. The van der Waals surface area contributed by atoms with E-state index < -0.39 is 0 Å². The van der Waals surface area contributed by atoms with Crippen molar-refractivity contribution in [3.63, 3.8) is 0 Å². The number of H-pyrrole nitrogens is 1. The maximum absolute atomic E-state index is 10.9. The van der Waals surface area contributed by atoms with Crippen molar-refractivity contribution < 1.29 is 0 Å². The number of benzene rings is 1. The molecule has 0 amide bonds. The first-order chi connectivity index (χ1) is 9.81. The minimum Gasteiger partial charge on any atom is -0.355 e. The molecule has 98 valence electrons. The van der Waals surface area contributed by atoms with Crippen molar-refractivity contribution in [2.75, 3.05) is 5.32 Å². The highest BCUT2D eigenvalue weighted by molar-refractivity contribution is 5.67. The Hall–Kier alpha value is -2.95. The Morgan fingerprint density at radius 1 is 0.900 bits per heavy atom. The van der Waals surface area contributed by atoms with E-state index in [4.69, 9.17) is 0 Å². The van der Waals surface area contributed by atoms with Gasteiger partial charge >= 0.3 is 5.69 Å². The number of hydrogen-bond acceptors (Lipinski definition) is 4. The summed E-state index contributed by atoms with van der Waals surface area (Å²) in [6.07, 6.45) is 6.69. The lowest BCUT2D eigenvalue weighted by atomic mass is 10.1. The van der Waals surface area contributed by atoms with Gasteiger partial charge in [0.05, 0.1) is 0 Å². The van der Waals surface area contributed by atoms with Crippen LogP contribution in [0.4, 0.5) is 11.4 Å². The second-order valence-corrected chi connectivity index (χ2v) is 4.25. The number of aromatic amines is 1. The molecule has 3 rings (SSSR count). The van der Waals surface area contributed by atoms with Crippen LogP contribution in [-0.2, 0) is 0 Å². The van der Waals surface area contributed by atoms with Gasteiger partial charge in [0.25, 0.3) is 0 Å². The van der Waals surface area contributed by atoms with E-state index in [9.17, 15) is 4.79 Å². The smallest absolute Gasteiger partial charge is 0.344 e. The molecule has 5 heteroatoms. The van der Waals surface area contributed by atoms with Gasteiger partial charge in [-0.1, -0.05) is 12.1 Å². The van der Waals surface area contributed by atoms with Crippen molar-refractivity contribution in [2.24, 2.45) is 0 Å². The summed E-state index contributed by atoms with van der Waals surface area (Å²) in [6.45, 7) is 0. The normalized spacial score (nSPS) is 10.2. The van der Waals surface area contributed by atoms with Crippen molar-refractivity contribution in [2.45, 2.75) is 0 Å². The third-order valence-electron chi connectivity index (χ3n) is 2.86. The zero-order valence-electron chi connectivity index (χ0n) is 10.6. The summed E-state index contributed by atoms with van der Waals surface area (Å²) in [4.78, 5) is 21.2. The quantitative estimate of drug-likeness (QED) is 0.762. The van der Waals surface area contributed by atoms with Crippen LogP contribution in [0.5, 0.6) is 0 Å². The molecule has 0 bridgehead atoms. The van der Waals surface area contributed by atoms with Gasteiger partial charge in [0.2, 0.25) is 0 Å². The summed E-state index contributed by atoms with van der Waals surface area (Å²) in [5.74, 6) is 0. The molecule has 5 nitrogen and oxygen atoms in total. The SMILES string of the molecule is O=c1ncc(-c2ccc(Nc3ccncc3)cc2)c[nH]1. The Bertz CT molecular complexity index is 730. The molecule has 0 radical (unpaired) electrons.